The molecule has 98 valence electrons. The van der Waals surface area contributed by atoms with Gasteiger partial charge in [-0.25, -0.2) is 0 Å². The number of hydrogen-bond donors (Lipinski definition) is 3. The number of carbonyl (C=O) groups is 1. The molecule has 0 fully saturated rings. The molecule has 0 unspecified atom stereocenters. The molecule has 0 aliphatic heterocycles. The lowest BCUT2D eigenvalue weighted by atomic mass is 10.1. The van der Waals surface area contributed by atoms with Crippen molar-refractivity contribution in [2.45, 2.75) is 6.92 Å². The lowest BCUT2D eigenvalue weighted by molar-refractivity contribution is 0.102. The van der Waals surface area contributed by atoms with Crippen molar-refractivity contribution in [1.82, 2.24) is 0 Å². The van der Waals surface area contributed by atoms with Gasteiger partial charge in [0.25, 0.3) is 5.91 Å². The van der Waals surface area contributed by atoms with E-state index < -0.39 is 5.91 Å². The molecule has 0 heterocycles. The highest BCUT2D eigenvalue weighted by atomic mass is 79.9. The fourth-order valence-electron chi connectivity index (χ4n) is 1.68. The van der Waals surface area contributed by atoms with Crippen LogP contribution in [0.4, 0.5) is 5.69 Å². The van der Waals surface area contributed by atoms with Gasteiger partial charge in [0.1, 0.15) is 17.1 Å². The van der Waals surface area contributed by atoms with Crippen molar-refractivity contribution in [3.63, 3.8) is 0 Å². The highest BCUT2D eigenvalue weighted by molar-refractivity contribution is 9.10. The van der Waals surface area contributed by atoms with Crippen molar-refractivity contribution in [3.8, 4) is 11.5 Å². The summed E-state index contributed by atoms with van der Waals surface area (Å²) in [6.07, 6.45) is 0. The molecule has 0 radical (unpaired) electrons. The monoisotopic (exact) mass is 321 g/mol. The van der Waals surface area contributed by atoms with Gasteiger partial charge in [-0.3, -0.25) is 4.79 Å². The summed E-state index contributed by atoms with van der Waals surface area (Å²) in [7, 11) is 0. The average Bonchev–Trinajstić information content (AvgIpc) is 2.33. The molecule has 0 saturated heterocycles. The van der Waals surface area contributed by atoms with E-state index in [4.69, 9.17) is 0 Å². The Balaban J connectivity index is 2.34. The molecule has 5 heteroatoms. The zero-order valence-corrected chi connectivity index (χ0v) is 11.7. The van der Waals surface area contributed by atoms with Crippen LogP contribution in [0.1, 0.15) is 15.9 Å². The minimum absolute atomic E-state index is 0.143. The Kier molecular flexibility index (Phi) is 3.76. The van der Waals surface area contributed by atoms with Crippen molar-refractivity contribution in [3.05, 3.63) is 52.0 Å². The molecule has 2 aromatic rings. The van der Waals surface area contributed by atoms with Crippen LogP contribution in [-0.4, -0.2) is 16.1 Å². The van der Waals surface area contributed by atoms with Crippen molar-refractivity contribution < 1.29 is 15.0 Å². The standard InChI is InChI=1S/C14H12BrNO3/c1-8-5-6-9(15)10(7-8)16-14(19)13-11(17)3-2-4-12(13)18/h2-7,17-18H,1H3,(H,16,19). The summed E-state index contributed by atoms with van der Waals surface area (Å²) in [6, 6.07) is 9.66. The number of amides is 1. The topological polar surface area (TPSA) is 69.6 Å². The first-order valence-electron chi connectivity index (χ1n) is 5.57. The number of phenols is 2. The van der Waals surface area contributed by atoms with Crippen LogP contribution in [0.5, 0.6) is 11.5 Å². The summed E-state index contributed by atoms with van der Waals surface area (Å²) < 4.78 is 0.723. The van der Waals surface area contributed by atoms with E-state index in [9.17, 15) is 15.0 Å². The largest absolute Gasteiger partial charge is 0.507 e. The number of benzene rings is 2. The van der Waals surface area contributed by atoms with E-state index in [-0.39, 0.29) is 17.1 Å². The summed E-state index contributed by atoms with van der Waals surface area (Å²) in [6.45, 7) is 1.90. The molecule has 4 nitrogen and oxygen atoms in total. The second kappa shape index (κ2) is 5.32. The number of nitrogens with one attached hydrogen (secondary N) is 1. The highest BCUT2D eigenvalue weighted by Crippen LogP contribution is 2.29. The molecule has 1 amide bonds. The van der Waals surface area contributed by atoms with Crippen LogP contribution < -0.4 is 5.32 Å². The van der Waals surface area contributed by atoms with Crippen LogP contribution in [0.3, 0.4) is 0 Å². The Morgan fingerprint density at radius 3 is 2.42 bits per heavy atom. The van der Waals surface area contributed by atoms with Crippen molar-refractivity contribution in [1.29, 1.82) is 0 Å². The van der Waals surface area contributed by atoms with Crippen LogP contribution in [0.2, 0.25) is 0 Å². The van der Waals surface area contributed by atoms with Gasteiger partial charge in [-0.1, -0.05) is 12.1 Å². The Labute approximate surface area is 118 Å². The number of rotatable bonds is 2. The number of carbonyl (C=O) groups excluding carboxylic acids is 1. The molecule has 0 atom stereocenters. The van der Waals surface area contributed by atoms with E-state index in [1.54, 1.807) is 6.07 Å². The molecule has 19 heavy (non-hydrogen) atoms. The molecule has 2 rings (SSSR count). The number of halogens is 1. The maximum Gasteiger partial charge on any atom is 0.263 e. The fraction of sp³-hybridized carbons (Fsp3) is 0.0714. The third kappa shape index (κ3) is 2.88. The van der Waals surface area contributed by atoms with Crippen LogP contribution in [-0.2, 0) is 0 Å². The first-order valence-corrected chi connectivity index (χ1v) is 6.37. The molecule has 0 aliphatic rings. The minimum Gasteiger partial charge on any atom is -0.507 e. The van der Waals surface area contributed by atoms with Crippen molar-refractivity contribution in [2.75, 3.05) is 5.32 Å². The van der Waals surface area contributed by atoms with Crippen molar-refractivity contribution in [2.24, 2.45) is 0 Å². The van der Waals surface area contributed by atoms with Crippen LogP contribution in [0.15, 0.2) is 40.9 Å². The van der Waals surface area contributed by atoms with Gasteiger partial charge in [0.2, 0.25) is 0 Å². The lowest BCUT2D eigenvalue weighted by Crippen LogP contribution is -2.12. The predicted octanol–water partition coefficient (Wildman–Crippen LogP) is 3.42. The summed E-state index contributed by atoms with van der Waals surface area (Å²) in [5.41, 5.74) is 1.42. The van der Waals surface area contributed by atoms with Gasteiger partial charge >= 0.3 is 0 Å². The normalized spacial score (nSPS) is 10.2. The molecule has 2 aromatic carbocycles. The number of phenolic OH excluding ortho intramolecular Hbond substituents is 2. The molecule has 0 aromatic heterocycles. The molecular formula is C14H12BrNO3. The summed E-state index contributed by atoms with van der Waals surface area (Å²) in [5, 5.41) is 21.9. The van der Waals surface area contributed by atoms with Gasteiger partial charge in [0.05, 0.1) is 5.69 Å². The Morgan fingerprint density at radius 2 is 1.79 bits per heavy atom. The smallest absolute Gasteiger partial charge is 0.263 e. The number of anilines is 1. The molecular weight excluding hydrogens is 310 g/mol. The SMILES string of the molecule is Cc1ccc(Br)c(NC(=O)c2c(O)cccc2O)c1. The average molecular weight is 322 g/mol. The van der Waals surface area contributed by atoms with E-state index in [1.807, 2.05) is 19.1 Å². The maximum atomic E-state index is 12.1. The number of hydrogen-bond acceptors (Lipinski definition) is 3. The fourth-order valence-corrected chi connectivity index (χ4v) is 2.03. The summed E-state index contributed by atoms with van der Waals surface area (Å²) in [4.78, 5) is 12.1. The van der Waals surface area contributed by atoms with Crippen LogP contribution in [0, 0.1) is 6.92 Å². The van der Waals surface area contributed by atoms with Crippen LogP contribution in [0.25, 0.3) is 0 Å². The van der Waals surface area contributed by atoms with E-state index in [0.29, 0.717) is 5.69 Å². The third-order valence-electron chi connectivity index (χ3n) is 2.62. The second-order valence-corrected chi connectivity index (χ2v) is 4.96. The zero-order chi connectivity index (χ0) is 14.0. The van der Waals surface area contributed by atoms with E-state index in [0.717, 1.165) is 10.0 Å². The third-order valence-corrected chi connectivity index (χ3v) is 3.31. The maximum absolute atomic E-state index is 12.1. The number of aromatic hydroxyl groups is 2. The lowest BCUT2D eigenvalue weighted by Gasteiger charge is -2.10. The van der Waals surface area contributed by atoms with Gasteiger partial charge in [0.15, 0.2) is 0 Å². The first-order chi connectivity index (χ1) is 8.99. The molecule has 0 spiro atoms. The van der Waals surface area contributed by atoms with Crippen LogP contribution >= 0.6 is 15.9 Å². The quantitative estimate of drug-likeness (QED) is 0.793. The van der Waals surface area contributed by atoms with E-state index in [2.05, 4.69) is 21.2 Å². The van der Waals surface area contributed by atoms with E-state index >= 15 is 0 Å². The van der Waals surface area contributed by atoms with Gasteiger partial charge in [0, 0.05) is 4.47 Å². The molecule has 3 N–H and O–H groups in total. The highest BCUT2D eigenvalue weighted by Gasteiger charge is 2.16. The minimum atomic E-state index is -0.568. The molecule has 0 saturated carbocycles. The first kappa shape index (κ1) is 13.4. The Bertz CT molecular complexity index is 620. The van der Waals surface area contributed by atoms with Gasteiger partial charge < -0.3 is 15.5 Å². The Morgan fingerprint density at radius 1 is 1.16 bits per heavy atom. The molecule has 0 bridgehead atoms. The van der Waals surface area contributed by atoms with Gasteiger partial charge in [-0.15, -0.1) is 0 Å². The number of aryl methyl sites for hydroxylation is 1. The van der Waals surface area contributed by atoms with Gasteiger partial charge in [-0.2, -0.15) is 0 Å². The second-order valence-electron chi connectivity index (χ2n) is 4.11. The Hall–Kier alpha value is -2.01. The van der Waals surface area contributed by atoms with Crippen molar-refractivity contribution >= 4 is 27.5 Å². The summed E-state index contributed by atoms with van der Waals surface area (Å²) in [5.74, 6) is -1.09. The zero-order valence-electron chi connectivity index (χ0n) is 10.1. The predicted molar refractivity (Wildman–Crippen MR) is 76.6 cm³/mol. The van der Waals surface area contributed by atoms with Gasteiger partial charge in [-0.05, 0) is 52.7 Å². The molecule has 0 aliphatic carbocycles. The summed E-state index contributed by atoms with van der Waals surface area (Å²) >= 11 is 3.33. The van der Waals surface area contributed by atoms with E-state index in [1.165, 1.54) is 18.2 Å².